The predicted octanol–water partition coefficient (Wildman–Crippen LogP) is 3.37. The van der Waals surface area contributed by atoms with Crippen LogP contribution in [0.2, 0.25) is 0 Å². The molecule has 2 aromatic rings. The first-order valence-electron chi connectivity index (χ1n) is 6.35. The number of rotatable bonds is 4. The van der Waals surface area contributed by atoms with Gasteiger partial charge in [-0.25, -0.2) is 0 Å². The van der Waals surface area contributed by atoms with Crippen LogP contribution in [-0.2, 0) is 0 Å². The van der Waals surface area contributed by atoms with E-state index in [2.05, 4.69) is 24.0 Å². The summed E-state index contributed by atoms with van der Waals surface area (Å²) < 4.78 is 5.05. The molecule has 1 aromatic heterocycles. The van der Waals surface area contributed by atoms with Crippen LogP contribution in [-0.4, -0.2) is 22.4 Å². The van der Waals surface area contributed by atoms with E-state index in [4.69, 9.17) is 4.74 Å². The van der Waals surface area contributed by atoms with Crippen LogP contribution in [0.3, 0.4) is 0 Å². The molecule has 4 nitrogen and oxygen atoms in total. The Labute approximate surface area is 113 Å². The average Bonchev–Trinajstić information content (AvgIpc) is 2.46. The van der Waals surface area contributed by atoms with Crippen molar-refractivity contribution >= 4 is 0 Å². The van der Waals surface area contributed by atoms with Gasteiger partial charge in [-0.05, 0) is 29.5 Å². The molecule has 0 amide bonds. The normalized spacial score (nSPS) is 12.2. The Hall–Kier alpha value is -2.10. The molecule has 0 saturated heterocycles. The van der Waals surface area contributed by atoms with Crippen molar-refractivity contribution in [2.75, 3.05) is 7.11 Å². The third-order valence-electron chi connectivity index (χ3n) is 3.35. The number of phenols is 1. The number of phenolic OH excluding ortho intramolecular Hbond substituents is 1. The molecule has 0 bridgehead atoms. The number of methoxy groups -OCH3 is 1. The highest BCUT2D eigenvalue weighted by molar-refractivity contribution is 5.66. The lowest BCUT2D eigenvalue weighted by molar-refractivity contribution is 0.392. The monoisotopic (exact) mass is 258 g/mol. The highest BCUT2D eigenvalue weighted by atomic mass is 16.5. The zero-order chi connectivity index (χ0) is 13.8. The van der Waals surface area contributed by atoms with Crippen LogP contribution in [0.5, 0.6) is 11.6 Å². The quantitative estimate of drug-likeness (QED) is 0.913. The molecule has 4 heteroatoms. The number of hydrogen-bond donors (Lipinski definition) is 1. The molecule has 0 fully saturated rings. The van der Waals surface area contributed by atoms with Gasteiger partial charge < -0.3 is 9.84 Å². The summed E-state index contributed by atoms with van der Waals surface area (Å²) in [6.45, 7) is 4.21. The van der Waals surface area contributed by atoms with Crippen molar-refractivity contribution in [2.45, 2.75) is 26.2 Å². The Morgan fingerprint density at radius 2 is 2.05 bits per heavy atom. The van der Waals surface area contributed by atoms with Crippen molar-refractivity contribution in [2.24, 2.45) is 0 Å². The Kier molecular flexibility index (Phi) is 4.00. The molecule has 1 heterocycles. The van der Waals surface area contributed by atoms with E-state index >= 15 is 0 Å². The van der Waals surface area contributed by atoms with Crippen molar-refractivity contribution < 1.29 is 9.84 Å². The van der Waals surface area contributed by atoms with Gasteiger partial charge in [-0.15, -0.1) is 5.10 Å². The smallest absolute Gasteiger partial charge is 0.233 e. The van der Waals surface area contributed by atoms with Gasteiger partial charge in [-0.2, -0.15) is 5.10 Å². The number of ether oxygens (including phenoxy) is 1. The molecule has 0 saturated carbocycles. The van der Waals surface area contributed by atoms with Crippen molar-refractivity contribution in [3.05, 3.63) is 36.0 Å². The molecule has 1 unspecified atom stereocenters. The summed E-state index contributed by atoms with van der Waals surface area (Å²) in [6.07, 6.45) is 2.65. The van der Waals surface area contributed by atoms with Crippen LogP contribution >= 0.6 is 0 Å². The minimum atomic E-state index is 0.322. The molecular formula is C15H18N2O2. The summed E-state index contributed by atoms with van der Waals surface area (Å²) >= 11 is 0. The maximum atomic E-state index is 10.1. The topological polar surface area (TPSA) is 55.2 Å². The van der Waals surface area contributed by atoms with Crippen molar-refractivity contribution in [3.8, 4) is 22.8 Å². The zero-order valence-corrected chi connectivity index (χ0v) is 11.4. The van der Waals surface area contributed by atoms with Crippen LogP contribution in [0.4, 0.5) is 0 Å². The van der Waals surface area contributed by atoms with Crippen LogP contribution in [0, 0.1) is 0 Å². The summed E-state index contributed by atoms with van der Waals surface area (Å²) in [5.41, 5.74) is 2.75. The molecule has 0 aliphatic heterocycles. The molecule has 0 radical (unpaired) electrons. The molecule has 1 N–H and O–H groups in total. The van der Waals surface area contributed by atoms with Crippen LogP contribution < -0.4 is 4.74 Å². The molecule has 19 heavy (non-hydrogen) atoms. The largest absolute Gasteiger partial charge is 0.508 e. The van der Waals surface area contributed by atoms with Crippen molar-refractivity contribution in [1.82, 2.24) is 10.2 Å². The lowest BCUT2D eigenvalue weighted by Gasteiger charge is -2.12. The van der Waals surface area contributed by atoms with E-state index in [0.717, 1.165) is 23.1 Å². The molecule has 1 atom stereocenters. The van der Waals surface area contributed by atoms with Crippen LogP contribution in [0.15, 0.2) is 30.5 Å². The Bertz CT molecular complexity index is 570. The molecule has 0 aliphatic rings. The zero-order valence-electron chi connectivity index (χ0n) is 11.4. The number of hydrogen-bond acceptors (Lipinski definition) is 4. The molecule has 0 spiro atoms. The van der Waals surface area contributed by atoms with Gasteiger partial charge in [0.1, 0.15) is 5.75 Å². The fraction of sp³-hybridized carbons (Fsp3) is 0.333. The minimum absolute atomic E-state index is 0.322. The highest BCUT2D eigenvalue weighted by Gasteiger charge is 2.10. The summed E-state index contributed by atoms with van der Waals surface area (Å²) in [6, 6.07) is 7.51. The van der Waals surface area contributed by atoms with Gasteiger partial charge in [0.05, 0.1) is 13.3 Å². The number of benzene rings is 1. The fourth-order valence-electron chi connectivity index (χ4n) is 1.96. The molecular weight excluding hydrogens is 240 g/mol. The third kappa shape index (κ3) is 2.84. The van der Waals surface area contributed by atoms with E-state index in [0.29, 0.717) is 17.5 Å². The first kappa shape index (κ1) is 13.3. The number of aromatic hydroxyl groups is 1. The lowest BCUT2D eigenvalue weighted by Crippen LogP contribution is -1.93. The predicted molar refractivity (Wildman–Crippen MR) is 74.4 cm³/mol. The first-order chi connectivity index (χ1) is 9.15. The van der Waals surface area contributed by atoms with Crippen LogP contribution in [0.25, 0.3) is 11.1 Å². The van der Waals surface area contributed by atoms with Gasteiger partial charge in [-0.1, -0.05) is 26.0 Å². The van der Waals surface area contributed by atoms with Gasteiger partial charge in [-0.3, -0.25) is 0 Å². The minimum Gasteiger partial charge on any atom is -0.508 e. The lowest BCUT2D eigenvalue weighted by atomic mass is 9.95. The van der Waals surface area contributed by atoms with E-state index in [1.54, 1.807) is 25.4 Å². The van der Waals surface area contributed by atoms with Crippen molar-refractivity contribution in [1.29, 1.82) is 0 Å². The van der Waals surface area contributed by atoms with E-state index < -0.39 is 0 Å². The fourth-order valence-corrected chi connectivity index (χ4v) is 1.96. The number of aromatic nitrogens is 2. The molecule has 1 aromatic carbocycles. The van der Waals surface area contributed by atoms with Gasteiger partial charge in [0.2, 0.25) is 5.88 Å². The molecule has 100 valence electrons. The summed E-state index contributed by atoms with van der Waals surface area (Å²) in [4.78, 5) is 0. The maximum absolute atomic E-state index is 10.1. The SMILES string of the molecule is CCC(C)c1ccc(-c2cnnc(OC)c2)cc1O. The van der Waals surface area contributed by atoms with Gasteiger partial charge in [0.15, 0.2) is 0 Å². The van der Waals surface area contributed by atoms with E-state index in [9.17, 15) is 5.11 Å². The first-order valence-corrected chi connectivity index (χ1v) is 6.35. The van der Waals surface area contributed by atoms with Gasteiger partial charge in [0.25, 0.3) is 0 Å². The van der Waals surface area contributed by atoms with Gasteiger partial charge >= 0.3 is 0 Å². The second kappa shape index (κ2) is 5.69. The Balaban J connectivity index is 2.38. The summed E-state index contributed by atoms with van der Waals surface area (Å²) in [5.74, 6) is 1.13. The maximum Gasteiger partial charge on any atom is 0.233 e. The Morgan fingerprint density at radius 3 is 2.68 bits per heavy atom. The third-order valence-corrected chi connectivity index (χ3v) is 3.35. The van der Waals surface area contributed by atoms with E-state index in [1.165, 1.54) is 0 Å². The Morgan fingerprint density at radius 1 is 1.26 bits per heavy atom. The average molecular weight is 258 g/mol. The standard InChI is InChI=1S/C15H18N2O2/c1-4-10(2)13-6-5-11(7-14(13)18)12-8-15(19-3)17-16-9-12/h5-10,18H,4H2,1-3H3. The summed E-state index contributed by atoms with van der Waals surface area (Å²) in [5, 5.41) is 17.8. The highest BCUT2D eigenvalue weighted by Crippen LogP contribution is 2.32. The van der Waals surface area contributed by atoms with Gasteiger partial charge in [0, 0.05) is 11.6 Å². The summed E-state index contributed by atoms with van der Waals surface area (Å²) in [7, 11) is 1.55. The van der Waals surface area contributed by atoms with Crippen molar-refractivity contribution in [3.63, 3.8) is 0 Å². The van der Waals surface area contributed by atoms with Crippen LogP contribution in [0.1, 0.15) is 31.7 Å². The van der Waals surface area contributed by atoms with E-state index in [1.807, 2.05) is 12.1 Å². The van der Waals surface area contributed by atoms with E-state index in [-0.39, 0.29) is 0 Å². The second-order valence-corrected chi connectivity index (χ2v) is 4.57. The molecule has 2 rings (SSSR count). The molecule has 0 aliphatic carbocycles. The second-order valence-electron chi connectivity index (χ2n) is 4.57. The number of nitrogens with zero attached hydrogens (tertiary/aromatic N) is 2.